The van der Waals surface area contributed by atoms with Crippen LogP contribution < -0.4 is 14.8 Å². The van der Waals surface area contributed by atoms with E-state index in [0.717, 1.165) is 5.56 Å². The predicted octanol–water partition coefficient (Wildman–Crippen LogP) is 3.14. The largest absolute Gasteiger partial charge is 0.497 e. The number of ether oxygens (including phenoxy) is 3. The molecule has 0 saturated carbocycles. The summed E-state index contributed by atoms with van der Waals surface area (Å²) < 4.78 is 15.0. The number of esters is 1. The van der Waals surface area contributed by atoms with Crippen molar-refractivity contribution in [3.63, 3.8) is 0 Å². The molecule has 0 aliphatic heterocycles. The normalized spacial score (nSPS) is 10.4. The number of benzene rings is 2. The first kappa shape index (κ1) is 18.1. The van der Waals surface area contributed by atoms with E-state index in [1.54, 1.807) is 55.7 Å². The molecule has 0 aliphatic carbocycles. The number of nitrogens with one attached hydrogen (secondary N) is 1. The van der Waals surface area contributed by atoms with Crippen molar-refractivity contribution < 1.29 is 23.8 Å². The Morgan fingerprint density at radius 3 is 2.28 bits per heavy atom. The minimum absolute atomic E-state index is 0.305. The van der Waals surface area contributed by atoms with Gasteiger partial charge in [-0.05, 0) is 35.9 Å². The molecule has 6 heteroatoms. The van der Waals surface area contributed by atoms with E-state index in [0.29, 0.717) is 22.7 Å². The minimum atomic E-state index is -0.403. The Morgan fingerprint density at radius 2 is 1.68 bits per heavy atom. The van der Waals surface area contributed by atoms with Crippen LogP contribution in [-0.2, 0) is 9.53 Å². The first-order valence-electron chi connectivity index (χ1n) is 7.47. The first-order chi connectivity index (χ1) is 12.1. The highest BCUT2D eigenvalue weighted by molar-refractivity contribution is 6.02. The fourth-order valence-corrected chi connectivity index (χ4v) is 2.10. The van der Waals surface area contributed by atoms with Crippen LogP contribution in [0.2, 0.25) is 0 Å². The summed E-state index contributed by atoms with van der Waals surface area (Å²) >= 11 is 0. The maximum atomic E-state index is 12.1. The summed E-state index contributed by atoms with van der Waals surface area (Å²) in [5, 5.41) is 2.74. The van der Waals surface area contributed by atoms with Crippen LogP contribution in [0.4, 0.5) is 5.69 Å². The molecule has 0 bridgehead atoms. The fourth-order valence-electron chi connectivity index (χ4n) is 2.10. The van der Waals surface area contributed by atoms with Gasteiger partial charge in [-0.2, -0.15) is 0 Å². The minimum Gasteiger partial charge on any atom is -0.497 e. The zero-order chi connectivity index (χ0) is 18.2. The Labute approximate surface area is 146 Å². The number of carbonyl (C=O) groups excluding carboxylic acids is 2. The van der Waals surface area contributed by atoms with Gasteiger partial charge in [-0.25, -0.2) is 4.79 Å². The van der Waals surface area contributed by atoms with Gasteiger partial charge in [0.2, 0.25) is 5.91 Å². The molecule has 130 valence electrons. The molecule has 0 radical (unpaired) electrons. The van der Waals surface area contributed by atoms with Gasteiger partial charge in [0.15, 0.2) is 0 Å². The zero-order valence-electron chi connectivity index (χ0n) is 14.2. The van der Waals surface area contributed by atoms with Gasteiger partial charge < -0.3 is 19.5 Å². The topological polar surface area (TPSA) is 73.9 Å². The molecule has 2 aromatic rings. The quantitative estimate of drug-likeness (QED) is 0.645. The van der Waals surface area contributed by atoms with Gasteiger partial charge in [0.05, 0.1) is 32.6 Å². The molecular weight excluding hydrogens is 322 g/mol. The lowest BCUT2D eigenvalue weighted by Gasteiger charge is -2.10. The van der Waals surface area contributed by atoms with Crippen LogP contribution >= 0.6 is 0 Å². The van der Waals surface area contributed by atoms with E-state index in [-0.39, 0.29) is 5.91 Å². The van der Waals surface area contributed by atoms with Gasteiger partial charge in [0.1, 0.15) is 11.5 Å². The van der Waals surface area contributed by atoms with E-state index in [1.807, 2.05) is 0 Å². The number of methoxy groups -OCH3 is 3. The van der Waals surface area contributed by atoms with Gasteiger partial charge >= 0.3 is 5.97 Å². The average molecular weight is 341 g/mol. The van der Waals surface area contributed by atoms with E-state index in [9.17, 15) is 9.59 Å². The summed E-state index contributed by atoms with van der Waals surface area (Å²) in [7, 11) is 4.40. The van der Waals surface area contributed by atoms with Crippen LogP contribution in [0.25, 0.3) is 6.08 Å². The molecule has 6 nitrogen and oxygen atoms in total. The molecule has 1 amide bonds. The molecule has 0 heterocycles. The van der Waals surface area contributed by atoms with Crippen molar-refractivity contribution in [3.8, 4) is 11.5 Å². The van der Waals surface area contributed by atoms with Crippen molar-refractivity contribution in [2.24, 2.45) is 0 Å². The summed E-state index contributed by atoms with van der Waals surface area (Å²) in [6.07, 6.45) is 3.04. The summed E-state index contributed by atoms with van der Waals surface area (Å²) in [6, 6.07) is 11.8. The molecule has 2 aromatic carbocycles. The second-order valence-corrected chi connectivity index (χ2v) is 5.00. The van der Waals surface area contributed by atoms with E-state index in [1.165, 1.54) is 20.3 Å². The number of amides is 1. The third-order valence-corrected chi connectivity index (χ3v) is 3.43. The molecule has 0 aliphatic rings. The maximum Gasteiger partial charge on any atom is 0.337 e. The highest BCUT2D eigenvalue weighted by Crippen LogP contribution is 2.28. The van der Waals surface area contributed by atoms with Crippen LogP contribution in [0.1, 0.15) is 15.9 Å². The van der Waals surface area contributed by atoms with Gasteiger partial charge in [0, 0.05) is 12.1 Å². The SMILES string of the molecule is COC(=O)c1ccc(/C=C/C(=O)Nc2ccc(OC)cc2OC)cc1. The van der Waals surface area contributed by atoms with Crippen LogP contribution in [0.5, 0.6) is 11.5 Å². The maximum absolute atomic E-state index is 12.1. The number of hydrogen-bond acceptors (Lipinski definition) is 5. The highest BCUT2D eigenvalue weighted by Gasteiger charge is 2.07. The Balaban J connectivity index is 2.04. The molecule has 25 heavy (non-hydrogen) atoms. The number of hydrogen-bond donors (Lipinski definition) is 1. The lowest BCUT2D eigenvalue weighted by atomic mass is 10.1. The van der Waals surface area contributed by atoms with E-state index < -0.39 is 5.97 Å². The van der Waals surface area contributed by atoms with Crippen molar-refractivity contribution in [3.05, 3.63) is 59.7 Å². The Bertz CT molecular complexity index is 781. The molecule has 0 saturated heterocycles. The summed E-state index contributed by atoms with van der Waals surface area (Å²) in [5.41, 5.74) is 1.77. The first-order valence-corrected chi connectivity index (χ1v) is 7.47. The number of carbonyl (C=O) groups is 2. The summed E-state index contributed by atoms with van der Waals surface area (Å²) in [6.45, 7) is 0. The van der Waals surface area contributed by atoms with Crippen LogP contribution in [0, 0.1) is 0 Å². The van der Waals surface area contributed by atoms with Crippen molar-refractivity contribution in [1.82, 2.24) is 0 Å². The Hall–Kier alpha value is -3.28. The Morgan fingerprint density at radius 1 is 0.960 bits per heavy atom. The Kier molecular flexibility index (Phi) is 6.17. The highest BCUT2D eigenvalue weighted by atomic mass is 16.5. The fraction of sp³-hybridized carbons (Fsp3) is 0.158. The van der Waals surface area contributed by atoms with E-state index in [2.05, 4.69) is 10.1 Å². The smallest absolute Gasteiger partial charge is 0.337 e. The molecular formula is C19H19NO5. The van der Waals surface area contributed by atoms with E-state index >= 15 is 0 Å². The van der Waals surface area contributed by atoms with Crippen LogP contribution in [0.15, 0.2) is 48.5 Å². The van der Waals surface area contributed by atoms with E-state index in [4.69, 9.17) is 9.47 Å². The van der Waals surface area contributed by atoms with Crippen molar-refractivity contribution in [2.45, 2.75) is 0 Å². The van der Waals surface area contributed by atoms with Crippen molar-refractivity contribution >= 4 is 23.6 Å². The molecule has 0 spiro atoms. The monoisotopic (exact) mass is 341 g/mol. The zero-order valence-corrected chi connectivity index (χ0v) is 14.2. The third kappa shape index (κ3) is 4.84. The van der Waals surface area contributed by atoms with Gasteiger partial charge in [0.25, 0.3) is 0 Å². The second kappa shape index (κ2) is 8.54. The van der Waals surface area contributed by atoms with Gasteiger partial charge in [-0.15, -0.1) is 0 Å². The van der Waals surface area contributed by atoms with Gasteiger partial charge in [-0.3, -0.25) is 4.79 Å². The van der Waals surface area contributed by atoms with Crippen LogP contribution in [-0.4, -0.2) is 33.2 Å². The van der Waals surface area contributed by atoms with Crippen molar-refractivity contribution in [1.29, 1.82) is 0 Å². The van der Waals surface area contributed by atoms with Gasteiger partial charge in [-0.1, -0.05) is 12.1 Å². The molecule has 1 N–H and O–H groups in total. The molecule has 2 rings (SSSR count). The predicted molar refractivity (Wildman–Crippen MR) is 95.0 cm³/mol. The molecule has 0 aromatic heterocycles. The average Bonchev–Trinajstić information content (AvgIpc) is 2.66. The molecule has 0 fully saturated rings. The number of rotatable bonds is 6. The lowest BCUT2D eigenvalue weighted by Crippen LogP contribution is -2.09. The second-order valence-electron chi connectivity index (χ2n) is 5.00. The van der Waals surface area contributed by atoms with Crippen LogP contribution in [0.3, 0.4) is 0 Å². The lowest BCUT2D eigenvalue weighted by molar-refractivity contribution is -0.111. The summed E-state index contributed by atoms with van der Waals surface area (Å²) in [5.74, 6) is 0.431. The molecule has 0 unspecified atom stereocenters. The molecule has 0 atom stereocenters. The summed E-state index contributed by atoms with van der Waals surface area (Å²) in [4.78, 5) is 23.4. The number of anilines is 1. The third-order valence-electron chi connectivity index (χ3n) is 3.43. The van der Waals surface area contributed by atoms with Crippen molar-refractivity contribution in [2.75, 3.05) is 26.6 Å². The standard InChI is InChI=1S/C19H19NO5/c1-23-15-9-10-16(17(12-15)24-2)20-18(21)11-6-13-4-7-14(8-5-13)19(22)25-3/h4-12H,1-3H3,(H,20,21)/b11-6+.